The lowest BCUT2D eigenvalue weighted by molar-refractivity contribution is -0.435. The summed E-state index contributed by atoms with van der Waals surface area (Å²) in [6.07, 6.45) is 0. The quantitative estimate of drug-likeness (QED) is 0.169. The first kappa shape index (κ1) is 19.9. The number of hydrogen-bond donors (Lipinski definition) is 0. The molecule has 0 radical (unpaired) electrons. The molecule has 4 aromatic rings. The van der Waals surface area contributed by atoms with Crippen LogP contribution in [0.5, 0.6) is 0 Å². The van der Waals surface area contributed by atoms with Crippen LogP contribution in [0, 0.1) is 5.21 Å². The molecule has 0 aromatic heterocycles. The molecule has 5 nitrogen and oxygen atoms in total. The smallest absolute Gasteiger partial charge is 0.244 e. The zero-order chi connectivity index (χ0) is 21.6. The largest absolute Gasteiger partial charge is 0.594 e. The lowest BCUT2D eigenvalue weighted by Gasteiger charge is -2.04. The lowest BCUT2D eigenvalue weighted by Crippen LogP contribution is -2.01. The van der Waals surface area contributed by atoms with Crippen LogP contribution in [0.3, 0.4) is 0 Å². The van der Waals surface area contributed by atoms with Gasteiger partial charge < -0.3 is 5.21 Å². The van der Waals surface area contributed by atoms with E-state index in [1.165, 1.54) is 0 Å². The fraction of sp³-hybridized carbons (Fsp3) is 0. The first-order valence-corrected chi connectivity index (χ1v) is 9.70. The van der Waals surface area contributed by atoms with E-state index in [9.17, 15) is 14.8 Å². The Kier molecular flexibility index (Phi) is 5.76. The van der Waals surface area contributed by atoms with E-state index in [0.29, 0.717) is 38.5 Å². The van der Waals surface area contributed by atoms with Crippen molar-refractivity contribution in [3.05, 3.63) is 137 Å². The monoisotopic (exact) mass is 406 g/mol. The van der Waals surface area contributed by atoms with Gasteiger partial charge in [-0.3, -0.25) is 9.59 Å². The Morgan fingerprint density at radius 1 is 0.548 bits per heavy atom. The SMILES string of the molecule is O=C(c1ccccc1)c1ccc(N=[N+]([O-])c2ccc(C(=O)c3ccccc3)cc2)cc1. The third kappa shape index (κ3) is 4.62. The zero-order valence-electron chi connectivity index (χ0n) is 16.5. The summed E-state index contributed by atoms with van der Waals surface area (Å²) in [5.41, 5.74) is 2.92. The van der Waals surface area contributed by atoms with E-state index in [2.05, 4.69) is 5.11 Å². The van der Waals surface area contributed by atoms with Gasteiger partial charge in [-0.2, -0.15) is 0 Å². The Bertz CT molecular complexity index is 1230. The fourth-order valence-electron chi connectivity index (χ4n) is 3.09. The molecule has 4 aromatic carbocycles. The summed E-state index contributed by atoms with van der Waals surface area (Å²) in [5.74, 6) is -0.204. The van der Waals surface area contributed by atoms with Crippen LogP contribution in [0.15, 0.2) is 114 Å². The topological polar surface area (TPSA) is 72.6 Å². The average molecular weight is 406 g/mol. The van der Waals surface area contributed by atoms with E-state index in [-0.39, 0.29) is 11.6 Å². The van der Waals surface area contributed by atoms with Crippen molar-refractivity contribution < 1.29 is 14.4 Å². The maximum Gasteiger partial charge on any atom is 0.244 e. The molecule has 0 aliphatic carbocycles. The van der Waals surface area contributed by atoms with Gasteiger partial charge in [0.2, 0.25) is 5.69 Å². The average Bonchev–Trinajstić information content (AvgIpc) is 2.85. The first-order valence-electron chi connectivity index (χ1n) is 9.70. The highest BCUT2D eigenvalue weighted by atomic mass is 16.5. The lowest BCUT2D eigenvalue weighted by atomic mass is 10.0. The first-order chi connectivity index (χ1) is 15.1. The Hall–Kier alpha value is -4.38. The van der Waals surface area contributed by atoms with E-state index in [1.54, 1.807) is 84.9 Å². The van der Waals surface area contributed by atoms with Crippen molar-refractivity contribution in [2.75, 3.05) is 0 Å². The molecule has 5 heteroatoms. The highest BCUT2D eigenvalue weighted by Gasteiger charge is 2.12. The predicted octanol–water partition coefficient (Wildman–Crippen LogP) is 6.07. The third-order valence-electron chi connectivity index (χ3n) is 4.76. The van der Waals surface area contributed by atoms with Gasteiger partial charge in [0, 0.05) is 39.5 Å². The molecule has 0 saturated carbocycles. The minimum atomic E-state index is -0.111. The molecule has 0 spiro atoms. The van der Waals surface area contributed by atoms with Gasteiger partial charge in [-0.15, -0.1) is 0 Å². The zero-order valence-corrected chi connectivity index (χ0v) is 16.5. The molecule has 0 atom stereocenters. The number of nitrogens with zero attached hydrogens (tertiary/aromatic N) is 2. The molecular weight excluding hydrogens is 388 g/mol. The normalized spacial score (nSPS) is 11.2. The third-order valence-corrected chi connectivity index (χ3v) is 4.76. The predicted molar refractivity (Wildman–Crippen MR) is 118 cm³/mol. The summed E-state index contributed by atoms with van der Waals surface area (Å²) in [7, 11) is 0. The van der Waals surface area contributed by atoms with Gasteiger partial charge in [-0.05, 0) is 36.4 Å². The number of carbonyl (C=O) groups excluding carboxylic acids is 2. The summed E-state index contributed by atoms with van der Waals surface area (Å²) in [5, 5.41) is 16.4. The summed E-state index contributed by atoms with van der Waals surface area (Å²) < 4.78 is 0. The van der Waals surface area contributed by atoms with E-state index in [1.807, 2.05) is 24.3 Å². The number of hydrogen-bond acceptors (Lipinski definition) is 4. The molecule has 4 rings (SSSR count). The van der Waals surface area contributed by atoms with Crippen LogP contribution >= 0.6 is 0 Å². The van der Waals surface area contributed by atoms with Crippen molar-refractivity contribution in [1.82, 2.24) is 0 Å². The summed E-state index contributed by atoms with van der Waals surface area (Å²) in [4.78, 5) is 25.4. The van der Waals surface area contributed by atoms with Crippen LogP contribution in [0.2, 0.25) is 0 Å². The molecule has 31 heavy (non-hydrogen) atoms. The van der Waals surface area contributed by atoms with E-state index in [4.69, 9.17) is 0 Å². The maximum atomic E-state index is 12.5. The molecule has 0 amide bonds. The number of carbonyl (C=O) groups is 2. The molecule has 0 heterocycles. The second-order valence-corrected chi connectivity index (χ2v) is 6.86. The molecular formula is C26H18N2O3. The number of azo groups is 1. The van der Waals surface area contributed by atoms with Crippen molar-refractivity contribution in [3.8, 4) is 0 Å². The number of ketones is 2. The molecule has 0 unspecified atom stereocenters. The molecule has 0 fully saturated rings. The standard InChI is InChI=1S/C26H18N2O3/c29-25(19-7-3-1-4-8-19)21-11-15-23(16-12-21)27-28(31)24-17-13-22(14-18-24)26(30)20-9-5-2-6-10-20/h1-18H. The molecule has 0 N–H and O–H groups in total. The van der Waals surface area contributed by atoms with Crippen molar-refractivity contribution in [3.63, 3.8) is 0 Å². The highest BCUT2D eigenvalue weighted by Crippen LogP contribution is 2.21. The minimum Gasteiger partial charge on any atom is -0.594 e. The Morgan fingerprint density at radius 3 is 1.39 bits per heavy atom. The van der Waals surface area contributed by atoms with Crippen molar-refractivity contribution >= 4 is 22.9 Å². The highest BCUT2D eigenvalue weighted by molar-refractivity contribution is 6.09. The fourth-order valence-corrected chi connectivity index (χ4v) is 3.09. The summed E-state index contributed by atoms with van der Waals surface area (Å²) >= 11 is 0. The van der Waals surface area contributed by atoms with Gasteiger partial charge >= 0.3 is 0 Å². The molecule has 0 aliphatic heterocycles. The van der Waals surface area contributed by atoms with Crippen molar-refractivity contribution in [2.24, 2.45) is 5.11 Å². The number of benzene rings is 4. The second kappa shape index (κ2) is 8.97. The Labute approximate surface area is 179 Å². The molecule has 0 bridgehead atoms. The van der Waals surface area contributed by atoms with Crippen LogP contribution < -0.4 is 0 Å². The molecule has 150 valence electrons. The second-order valence-electron chi connectivity index (χ2n) is 6.86. The van der Waals surface area contributed by atoms with Crippen LogP contribution in [-0.4, -0.2) is 16.4 Å². The van der Waals surface area contributed by atoms with Crippen LogP contribution in [0.4, 0.5) is 11.4 Å². The van der Waals surface area contributed by atoms with Crippen LogP contribution in [-0.2, 0) is 0 Å². The molecule has 0 saturated heterocycles. The molecule has 0 aliphatic rings. The van der Waals surface area contributed by atoms with E-state index < -0.39 is 0 Å². The summed E-state index contributed by atoms with van der Waals surface area (Å²) in [6, 6.07) is 30.8. The summed E-state index contributed by atoms with van der Waals surface area (Å²) in [6.45, 7) is 0. The van der Waals surface area contributed by atoms with Gasteiger partial charge in [0.25, 0.3) is 0 Å². The van der Waals surface area contributed by atoms with Crippen molar-refractivity contribution in [1.29, 1.82) is 0 Å². The Morgan fingerprint density at radius 2 is 0.935 bits per heavy atom. The van der Waals surface area contributed by atoms with Crippen LogP contribution in [0.1, 0.15) is 31.8 Å². The van der Waals surface area contributed by atoms with E-state index in [0.717, 1.165) is 0 Å². The van der Waals surface area contributed by atoms with Gasteiger partial charge in [0.1, 0.15) is 5.69 Å². The maximum absolute atomic E-state index is 12.5. The van der Waals surface area contributed by atoms with Gasteiger partial charge in [0.05, 0.1) is 0 Å². The van der Waals surface area contributed by atoms with Crippen molar-refractivity contribution in [2.45, 2.75) is 0 Å². The number of rotatable bonds is 6. The minimum absolute atomic E-state index is 0.0928. The Balaban J connectivity index is 1.49. The van der Waals surface area contributed by atoms with Gasteiger partial charge in [-0.1, -0.05) is 65.5 Å². The van der Waals surface area contributed by atoms with E-state index >= 15 is 0 Å². The van der Waals surface area contributed by atoms with Gasteiger partial charge in [-0.25, -0.2) is 0 Å². The van der Waals surface area contributed by atoms with Crippen LogP contribution in [0.25, 0.3) is 0 Å². The van der Waals surface area contributed by atoms with Gasteiger partial charge in [0.15, 0.2) is 11.6 Å².